The number of carboxylic acids is 1. The molecule has 2 aliphatic carbocycles. The number of nitro groups is 1. The van der Waals surface area contributed by atoms with Crippen molar-refractivity contribution in [2.45, 2.75) is 26.7 Å². The highest BCUT2D eigenvalue weighted by Crippen LogP contribution is 2.57. The van der Waals surface area contributed by atoms with Gasteiger partial charge in [0.15, 0.2) is 0 Å². The monoisotopic (exact) mass is 344 g/mol. The minimum Gasteiger partial charge on any atom is -0.481 e. The van der Waals surface area contributed by atoms with Gasteiger partial charge >= 0.3 is 5.97 Å². The number of nitrogens with zero attached hydrogens (tertiary/aromatic N) is 1. The Morgan fingerprint density at radius 1 is 1.20 bits per heavy atom. The van der Waals surface area contributed by atoms with Crippen LogP contribution in [0.5, 0.6) is 0 Å². The molecule has 0 aliphatic heterocycles. The largest absolute Gasteiger partial charge is 0.481 e. The van der Waals surface area contributed by atoms with Crippen LogP contribution in [0.1, 0.15) is 26.7 Å². The minimum absolute atomic E-state index is 0.0604. The summed E-state index contributed by atoms with van der Waals surface area (Å²) in [6, 6.07) is 5.68. The SMILES string of the molecule is CC(C)=C1C2CCC1C(C(=O)Nc1cccc([N+](=O)[O-])c1)C2C(=O)O. The van der Waals surface area contributed by atoms with Crippen LogP contribution < -0.4 is 5.32 Å². The van der Waals surface area contributed by atoms with Crippen LogP contribution in [0.3, 0.4) is 0 Å². The van der Waals surface area contributed by atoms with Crippen molar-refractivity contribution in [1.29, 1.82) is 0 Å². The Balaban J connectivity index is 1.88. The molecule has 2 N–H and O–H groups in total. The van der Waals surface area contributed by atoms with Crippen LogP contribution >= 0.6 is 0 Å². The van der Waals surface area contributed by atoms with Gasteiger partial charge in [-0.05, 0) is 44.6 Å². The van der Waals surface area contributed by atoms with E-state index in [-0.39, 0.29) is 23.4 Å². The third kappa shape index (κ3) is 2.90. The summed E-state index contributed by atoms with van der Waals surface area (Å²) in [4.78, 5) is 34.9. The Kier molecular flexibility index (Phi) is 4.32. The summed E-state index contributed by atoms with van der Waals surface area (Å²) >= 11 is 0. The number of rotatable bonds is 4. The first-order valence-corrected chi connectivity index (χ1v) is 8.26. The highest BCUT2D eigenvalue weighted by atomic mass is 16.6. The Labute approximate surface area is 144 Å². The van der Waals surface area contributed by atoms with Gasteiger partial charge in [0.2, 0.25) is 5.91 Å². The first-order chi connectivity index (χ1) is 11.8. The van der Waals surface area contributed by atoms with Crippen LogP contribution in [0.25, 0.3) is 0 Å². The number of carbonyl (C=O) groups is 2. The number of fused-ring (bicyclic) bond motifs is 2. The van der Waals surface area contributed by atoms with Crippen LogP contribution in [-0.4, -0.2) is 21.9 Å². The fraction of sp³-hybridized carbons (Fsp3) is 0.444. The molecule has 0 spiro atoms. The standard InChI is InChI=1S/C18H20N2O5/c1-9(2)14-12-6-7-13(14)16(18(22)23)15(12)17(21)19-10-4-3-5-11(8-10)20(24)25/h3-5,8,12-13,15-16H,6-7H2,1-2H3,(H,19,21)(H,22,23). The molecule has 0 heterocycles. The van der Waals surface area contributed by atoms with Gasteiger partial charge in [0.1, 0.15) is 0 Å². The van der Waals surface area contributed by atoms with Gasteiger partial charge in [-0.3, -0.25) is 19.7 Å². The minimum atomic E-state index is -0.954. The molecule has 2 bridgehead atoms. The van der Waals surface area contributed by atoms with Gasteiger partial charge in [-0.1, -0.05) is 17.2 Å². The molecular formula is C18H20N2O5. The molecule has 4 unspecified atom stereocenters. The number of nitrogens with one attached hydrogen (secondary N) is 1. The summed E-state index contributed by atoms with van der Waals surface area (Å²) < 4.78 is 0. The molecule has 7 heteroatoms. The van der Waals surface area contributed by atoms with Crippen LogP contribution in [0.4, 0.5) is 11.4 Å². The molecule has 2 aliphatic rings. The molecule has 0 saturated heterocycles. The molecule has 3 rings (SSSR count). The van der Waals surface area contributed by atoms with Crippen LogP contribution in [0.15, 0.2) is 35.4 Å². The summed E-state index contributed by atoms with van der Waals surface area (Å²) in [6.45, 7) is 3.92. The number of hydrogen-bond donors (Lipinski definition) is 2. The molecule has 7 nitrogen and oxygen atoms in total. The molecule has 1 aromatic carbocycles. The van der Waals surface area contributed by atoms with Crippen molar-refractivity contribution >= 4 is 23.3 Å². The summed E-state index contributed by atoms with van der Waals surface area (Å²) in [6.07, 6.45) is 1.60. The highest BCUT2D eigenvalue weighted by molar-refractivity contribution is 5.97. The average Bonchev–Trinajstić information content (AvgIpc) is 3.11. The molecule has 132 valence electrons. The van der Waals surface area contributed by atoms with Crippen LogP contribution in [0, 0.1) is 33.8 Å². The van der Waals surface area contributed by atoms with Crippen molar-refractivity contribution in [2.75, 3.05) is 5.32 Å². The smallest absolute Gasteiger partial charge is 0.307 e. The van der Waals surface area contributed by atoms with E-state index in [1.165, 1.54) is 18.2 Å². The number of allylic oxidation sites excluding steroid dienone is 2. The van der Waals surface area contributed by atoms with Gasteiger partial charge in [0.25, 0.3) is 5.69 Å². The van der Waals surface area contributed by atoms with Gasteiger partial charge < -0.3 is 10.4 Å². The zero-order valence-corrected chi connectivity index (χ0v) is 14.1. The van der Waals surface area contributed by atoms with E-state index in [0.717, 1.165) is 24.0 Å². The fourth-order valence-electron chi connectivity index (χ4n) is 4.53. The van der Waals surface area contributed by atoms with Gasteiger partial charge in [0, 0.05) is 17.8 Å². The van der Waals surface area contributed by atoms with E-state index in [0.29, 0.717) is 5.69 Å². The summed E-state index contributed by atoms with van der Waals surface area (Å²) in [5.41, 5.74) is 2.38. The van der Waals surface area contributed by atoms with Crippen molar-refractivity contribution in [1.82, 2.24) is 0 Å². The topological polar surface area (TPSA) is 110 Å². The molecule has 4 atom stereocenters. The van der Waals surface area contributed by atoms with Gasteiger partial charge in [-0.15, -0.1) is 0 Å². The number of benzene rings is 1. The number of carboxylic acid groups (broad SMARTS) is 1. The van der Waals surface area contributed by atoms with E-state index in [1.807, 2.05) is 13.8 Å². The third-order valence-corrected chi connectivity index (χ3v) is 5.33. The predicted octanol–water partition coefficient (Wildman–Crippen LogP) is 3.23. The first kappa shape index (κ1) is 17.1. The average molecular weight is 344 g/mol. The van der Waals surface area contributed by atoms with Crippen LogP contribution in [-0.2, 0) is 9.59 Å². The lowest BCUT2D eigenvalue weighted by Gasteiger charge is -2.26. The normalized spacial score (nSPS) is 27.2. The molecule has 1 aromatic rings. The number of anilines is 1. The van der Waals surface area contributed by atoms with Crippen molar-refractivity contribution in [3.8, 4) is 0 Å². The van der Waals surface area contributed by atoms with Gasteiger partial charge in [-0.25, -0.2) is 0 Å². The number of non-ortho nitro benzene ring substituents is 1. The zero-order chi connectivity index (χ0) is 18.3. The van der Waals surface area contributed by atoms with Crippen molar-refractivity contribution in [3.63, 3.8) is 0 Å². The summed E-state index contributed by atoms with van der Waals surface area (Å²) in [5, 5.41) is 23.2. The molecular weight excluding hydrogens is 324 g/mol. The number of nitro benzene ring substituents is 1. The molecule has 2 fully saturated rings. The molecule has 2 saturated carbocycles. The highest BCUT2D eigenvalue weighted by Gasteiger charge is 2.57. The second kappa shape index (κ2) is 6.31. The fourth-order valence-corrected chi connectivity index (χ4v) is 4.53. The molecule has 0 radical (unpaired) electrons. The Bertz CT molecular complexity index is 781. The predicted molar refractivity (Wildman–Crippen MR) is 90.9 cm³/mol. The summed E-state index contributed by atoms with van der Waals surface area (Å²) in [5.74, 6) is -2.85. The van der Waals surface area contributed by atoms with E-state index in [1.54, 1.807) is 6.07 Å². The number of amides is 1. The van der Waals surface area contributed by atoms with E-state index in [2.05, 4.69) is 5.32 Å². The van der Waals surface area contributed by atoms with Crippen molar-refractivity contribution < 1.29 is 19.6 Å². The molecule has 25 heavy (non-hydrogen) atoms. The maximum Gasteiger partial charge on any atom is 0.307 e. The second-order valence-electron chi connectivity index (χ2n) is 6.93. The van der Waals surface area contributed by atoms with Crippen LogP contribution in [0.2, 0.25) is 0 Å². The van der Waals surface area contributed by atoms with E-state index in [4.69, 9.17) is 0 Å². The molecule has 1 amide bonds. The molecule has 0 aromatic heterocycles. The maximum atomic E-state index is 12.8. The first-order valence-electron chi connectivity index (χ1n) is 8.26. The van der Waals surface area contributed by atoms with Gasteiger partial charge in [0.05, 0.1) is 16.8 Å². The Morgan fingerprint density at radius 2 is 1.84 bits per heavy atom. The van der Waals surface area contributed by atoms with E-state index in [9.17, 15) is 24.8 Å². The lowest BCUT2D eigenvalue weighted by molar-refractivity contribution is -0.384. The second-order valence-corrected chi connectivity index (χ2v) is 6.93. The van der Waals surface area contributed by atoms with Crippen molar-refractivity contribution in [2.24, 2.45) is 23.7 Å². The van der Waals surface area contributed by atoms with E-state index >= 15 is 0 Å². The van der Waals surface area contributed by atoms with E-state index < -0.39 is 22.7 Å². The zero-order valence-electron chi connectivity index (χ0n) is 14.1. The quantitative estimate of drug-likeness (QED) is 0.495. The lowest BCUT2D eigenvalue weighted by atomic mass is 9.78. The number of carbonyl (C=O) groups excluding carboxylic acids is 1. The Hall–Kier alpha value is -2.70. The van der Waals surface area contributed by atoms with Gasteiger partial charge in [-0.2, -0.15) is 0 Å². The third-order valence-electron chi connectivity index (χ3n) is 5.33. The lowest BCUT2D eigenvalue weighted by Crippen LogP contribution is -2.37. The Morgan fingerprint density at radius 3 is 2.40 bits per heavy atom. The number of aliphatic carboxylic acids is 1. The summed E-state index contributed by atoms with van der Waals surface area (Å²) in [7, 11) is 0. The maximum absolute atomic E-state index is 12.8. The number of hydrogen-bond acceptors (Lipinski definition) is 4. The van der Waals surface area contributed by atoms with Crippen molar-refractivity contribution in [3.05, 3.63) is 45.5 Å².